The molecule has 1 amide bonds. The van der Waals surface area contributed by atoms with Crippen molar-refractivity contribution in [1.82, 2.24) is 20.4 Å². The molecule has 0 aromatic carbocycles. The molecular weight excluding hydrogens is 558 g/mol. The molecule has 3 N–H and O–H groups in total. The van der Waals surface area contributed by atoms with E-state index in [2.05, 4.69) is 26.4 Å². The first-order chi connectivity index (χ1) is 18.6. The number of pyridine rings is 1. The maximum atomic E-state index is 12.0. The molecule has 0 unspecified atom stereocenters. The molecule has 0 bridgehead atoms. The molecule has 17 heteroatoms. The Morgan fingerprint density at radius 1 is 1.07 bits per heavy atom. The van der Waals surface area contributed by atoms with Gasteiger partial charge in [-0.05, 0) is 30.9 Å². The highest BCUT2D eigenvalue weighted by Gasteiger charge is 2.47. The minimum Gasteiger partial charge on any atom is -0.475 e. The third kappa shape index (κ3) is 10.1. The Labute approximate surface area is 223 Å². The van der Waals surface area contributed by atoms with E-state index in [1.54, 1.807) is 12.3 Å². The summed E-state index contributed by atoms with van der Waals surface area (Å²) in [6.45, 7) is 4.35. The molecule has 4 rings (SSSR count). The van der Waals surface area contributed by atoms with Crippen LogP contribution in [0.3, 0.4) is 0 Å². The predicted molar refractivity (Wildman–Crippen MR) is 122 cm³/mol. The lowest BCUT2D eigenvalue weighted by molar-refractivity contribution is -0.193. The zero-order valence-corrected chi connectivity index (χ0v) is 20.7. The van der Waals surface area contributed by atoms with Gasteiger partial charge in [0, 0.05) is 56.7 Å². The number of carboxylic acid groups (broad SMARTS) is 2. The lowest BCUT2D eigenvalue weighted by Gasteiger charge is -2.44. The van der Waals surface area contributed by atoms with Gasteiger partial charge in [0.25, 0.3) is 5.91 Å². The van der Waals surface area contributed by atoms with E-state index in [-0.39, 0.29) is 23.2 Å². The molecule has 2 aromatic heterocycles. The van der Waals surface area contributed by atoms with Crippen molar-refractivity contribution in [2.45, 2.75) is 44.3 Å². The van der Waals surface area contributed by atoms with E-state index >= 15 is 0 Å². The first-order valence-electron chi connectivity index (χ1n) is 11.7. The monoisotopic (exact) mass is 584 g/mol. The fraction of sp³-hybridized carbons (Fsp3) is 0.522. The van der Waals surface area contributed by atoms with Crippen LogP contribution in [0.15, 0.2) is 41.3 Å². The first-order valence-corrected chi connectivity index (χ1v) is 11.7. The number of nitrogens with zero attached hydrogens (tertiary/aromatic N) is 3. The Bertz CT molecular complexity index is 1080. The van der Waals surface area contributed by atoms with Gasteiger partial charge in [0.15, 0.2) is 0 Å². The van der Waals surface area contributed by atoms with Crippen molar-refractivity contribution >= 4 is 17.8 Å². The summed E-state index contributed by atoms with van der Waals surface area (Å²) in [6.07, 6.45) is -1.68. The van der Waals surface area contributed by atoms with Gasteiger partial charge in [-0.1, -0.05) is 11.2 Å². The number of hydrogen-bond acceptors (Lipinski definition) is 8. The third-order valence-corrected chi connectivity index (χ3v) is 6.03. The number of hydrogen-bond donors (Lipinski definition) is 3. The number of carbonyl (C=O) groups is 3. The van der Waals surface area contributed by atoms with E-state index in [4.69, 9.17) is 29.1 Å². The molecule has 222 valence electrons. The Hall–Kier alpha value is -3.73. The largest absolute Gasteiger partial charge is 0.490 e. The lowest BCUT2D eigenvalue weighted by Crippen LogP contribution is -2.50. The van der Waals surface area contributed by atoms with Gasteiger partial charge in [0.1, 0.15) is 0 Å². The van der Waals surface area contributed by atoms with Gasteiger partial charge in [-0.25, -0.2) is 9.59 Å². The summed E-state index contributed by atoms with van der Waals surface area (Å²) in [7, 11) is 0. The van der Waals surface area contributed by atoms with Crippen LogP contribution < -0.4 is 5.32 Å². The maximum Gasteiger partial charge on any atom is 0.490 e. The predicted octanol–water partition coefficient (Wildman–Crippen LogP) is 3.14. The van der Waals surface area contributed by atoms with Crippen LogP contribution >= 0.6 is 0 Å². The molecule has 0 saturated carbocycles. The zero-order chi connectivity index (χ0) is 30.0. The summed E-state index contributed by atoms with van der Waals surface area (Å²) in [5.41, 5.74) is 1.34. The van der Waals surface area contributed by atoms with Gasteiger partial charge in [-0.3, -0.25) is 14.7 Å². The fourth-order valence-corrected chi connectivity index (χ4v) is 4.23. The average molecular weight is 584 g/mol. The minimum atomic E-state index is -5.08. The molecule has 40 heavy (non-hydrogen) atoms. The number of fused-ring (bicyclic) bond motifs is 1. The number of carbonyl (C=O) groups excluding carboxylic acids is 1. The summed E-state index contributed by atoms with van der Waals surface area (Å²) < 4.78 is 74.4. The van der Waals surface area contributed by atoms with Gasteiger partial charge in [0.2, 0.25) is 5.76 Å². The molecular formula is C23H26F6N4O7. The first kappa shape index (κ1) is 32.5. The molecule has 2 aliphatic heterocycles. The summed E-state index contributed by atoms with van der Waals surface area (Å²) >= 11 is 0. The molecule has 2 aliphatic rings. The van der Waals surface area contributed by atoms with Crippen molar-refractivity contribution in [1.29, 1.82) is 0 Å². The summed E-state index contributed by atoms with van der Waals surface area (Å²) in [5, 5.41) is 20.8. The quantitative estimate of drug-likeness (QED) is 0.432. The summed E-state index contributed by atoms with van der Waals surface area (Å²) in [6, 6.07) is 5.68. The van der Waals surface area contributed by atoms with Crippen molar-refractivity contribution < 1.29 is 60.2 Å². The SMILES string of the molecule is O=C(NCC[C@@]12CCO[C@@H]1CCN(Cc1cccnc1)C2)c1ccno1.O=C(O)C(F)(F)F.O=C(O)C(F)(F)F. The van der Waals surface area contributed by atoms with Crippen LogP contribution in [0.25, 0.3) is 0 Å². The number of rotatable bonds is 6. The fourth-order valence-electron chi connectivity index (χ4n) is 4.23. The van der Waals surface area contributed by atoms with Crippen molar-refractivity contribution in [3.05, 3.63) is 48.1 Å². The molecule has 0 spiro atoms. The molecule has 2 atom stereocenters. The van der Waals surface area contributed by atoms with Gasteiger partial charge < -0.3 is 24.8 Å². The van der Waals surface area contributed by atoms with E-state index in [1.165, 1.54) is 11.8 Å². The van der Waals surface area contributed by atoms with Crippen LogP contribution in [0.5, 0.6) is 0 Å². The van der Waals surface area contributed by atoms with Crippen molar-refractivity contribution in [3.63, 3.8) is 0 Å². The van der Waals surface area contributed by atoms with Crippen LogP contribution in [0.4, 0.5) is 26.3 Å². The number of amides is 1. The average Bonchev–Trinajstić information content (AvgIpc) is 3.55. The van der Waals surface area contributed by atoms with Crippen molar-refractivity contribution in [2.24, 2.45) is 5.41 Å². The van der Waals surface area contributed by atoms with E-state index in [0.717, 1.165) is 45.5 Å². The minimum absolute atomic E-state index is 0.106. The number of ether oxygens (including phenoxy) is 1. The number of nitrogens with one attached hydrogen (secondary N) is 1. The van der Waals surface area contributed by atoms with Gasteiger partial charge in [-0.15, -0.1) is 0 Å². The lowest BCUT2D eigenvalue weighted by atomic mass is 9.74. The standard InChI is InChI=1S/C19H24N4O3.2C2HF3O2/c24-18(16-3-8-22-26-16)21-9-5-19-6-11-25-17(19)4-10-23(14-19)13-15-2-1-7-20-12-15;2*3-2(4,5)1(6)7/h1-3,7-8,12,17H,4-6,9-11,13-14H2,(H,21,24);2*(H,6,7)/t17-,19+;;/m1../s1. The van der Waals surface area contributed by atoms with Crippen molar-refractivity contribution in [2.75, 3.05) is 26.2 Å². The summed E-state index contributed by atoms with van der Waals surface area (Å²) in [5.74, 6) is -5.47. The third-order valence-electron chi connectivity index (χ3n) is 6.03. The topological polar surface area (TPSA) is 155 Å². The molecule has 0 radical (unpaired) electrons. The van der Waals surface area contributed by atoms with Crippen LogP contribution in [-0.2, 0) is 20.9 Å². The number of likely N-dealkylation sites (tertiary alicyclic amines) is 1. The highest BCUT2D eigenvalue weighted by atomic mass is 19.4. The molecule has 0 aliphatic carbocycles. The Morgan fingerprint density at radius 3 is 2.25 bits per heavy atom. The number of aromatic nitrogens is 2. The van der Waals surface area contributed by atoms with Gasteiger partial charge >= 0.3 is 24.3 Å². The van der Waals surface area contributed by atoms with E-state index in [0.29, 0.717) is 6.54 Å². The molecule has 2 saturated heterocycles. The molecule has 11 nitrogen and oxygen atoms in total. The van der Waals surface area contributed by atoms with Gasteiger partial charge in [-0.2, -0.15) is 26.3 Å². The smallest absolute Gasteiger partial charge is 0.475 e. The van der Waals surface area contributed by atoms with E-state index in [9.17, 15) is 31.1 Å². The Balaban J connectivity index is 0.000000333. The van der Waals surface area contributed by atoms with Crippen molar-refractivity contribution in [3.8, 4) is 0 Å². The zero-order valence-electron chi connectivity index (χ0n) is 20.7. The van der Waals surface area contributed by atoms with Gasteiger partial charge in [0.05, 0.1) is 12.3 Å². The van der Waals surface area contributed by atoms with E-state index in [1.807, 2.05) is 12.3 Å². The van der Waals surface area contributed by atoms with Crippen LogP contribution in [0.1, 0.15) is 35.4 Å². The second-order valence-corrected chi connectivity index (χ2v) is 8.82. The highest BCUT2D eigenvalue weighted by Crippen LogP contribution is 2.43. The maximum absolute atomic E-state index is 12.0. The van der Waals surface area contributed by atoms with Crippen LogP contribution in [-0.4, -0.2) is 87.8 Å². The van der Waals surface area contributed by atoms with E-state index < -0.39 is 24.3 Å². The number of aliphatic carboxylic acids is 2. The molecule has 2 aromatic rings. The molecule has 2 fully saturated rings. The number of piperidine rings is 1. The number of alkyl halides is 6. The Kier molecular flexibility index (Phi) is 11.4. The normalized spacial score (nSPS) is 20.7. The second-order valence-electron chi connectivity index (χ2n) is 8.82. The van der Waals surface area contributed by atoms with Crippen LogP contribution in [0.2, 0.25) is 0 Å². The Morgan fingerprint density at radius 2 is 1.73 bits per heavy atom. The summed E-state index contributed by atoms with van der Waals surface area (Å²) in [4.78, 5) is 36.5. The number of carboxylic acids is 2. The highest BCUT2D eigenvalue weighted by molar-refractivity contribution is 5.91. The number of halogens is 6. The second kappa shape index (κ2) is 14.1. The molecule has 4 heterocycles. The van der Waals surface area contributed by atoms with Crippen LogP contribution in [0, 0.1) is 5.41 Å².